The van der Waals surface area contributed by atoms with Gasteiger partial charge in [0.05, 0.1) is 19.3 Å². The molecule has 2 atom stereocenters. The molecule has 1 amide bonds. The van der Waals surface area contributed by atoms with Gasteiger partial charge in [-0.05, 0) is 75.9 Å². The molecule has 0 saturated heterocycles. The van der Waals surface area contributed by atoms with Gasteiger partial charge in [-0.1, -0.05) is 25.1 Å². The van der Waals surface area contributed by atoms with Gasteiger partial charge in [0.1, 0.15) is 5.75 Å². The predicted octanol–water partition coefficient (Wildman–Crippen LogP) is 5.14. The zero-order valence-corrected chi connectivity index (χ0v) is 18.4. The second kappa shape index (κ2) is 10.7. The maximum absolute atomic E-state index is 12.8. The topological polar surface area (TPSA) is 56.8 Å². The highest BCUT2D eigenvalue weighted by molar-refractivity contribution is 5.81. The van der Waals surface area contributed by atoms with E-state index in [4.69, 9.17) is 14.2 Å². The van der Waals surface area contributed by atoms with Crippen molar-refractivity contribution in [1.82, 2.24) is 5.32 Å². The summed E-state index contributed by atoms with van der Waals surface area (Å²) >= 11 is 0. The minimum Gasteiger partial charge on any atom is -0.490 e. The van der Waals surface area contributed by atoms with E-state index in [9.17, 15) is 4.79 Å². The van der Waals surface area contributed by atoms with Gasteiger partial charge in [-0.2, -0.15) is 0 Å². The summed E-state index contributed by atoms with van der Waals surface area (Å²) in [5.41, 5.74) is 3.07. The number of benzene rings is 2. The van der Waals surface area contributed by atoms with Crippen LogP contribution in [0.5, 0.6) is 17.2 Å². The molecular weight excluding hydrogens is 366 g/mol. The third-order valence-corrected chi connectivity index (χ3v) is 4.70. The standard InChI is InChI=1S/C24H33NO4/c1-7-20(29-22-14-16(4)10-11-17(22)5)24(26)25-18(6)19-12-13-21(27-8-2)23(15-19)28-9-3/h10-15,18,20H,7-9H2,1-6H3,(H,25,26)/t18-,20-/m1/s1. The largest absolute Gasteiger partial charge is 0.490 e. The number of hydrogen-bond acceptors (Lipinski definition) is 4. The first kappa shape index (κ1) is 22.6. The number of carbonyl (C=O) groups is 1. The van der Waals surface area contributed by atoms with Crippen LogP contribution in [0, 0.1) is 13.8 Å². The van der Waals surface area contributed by atoms with Gasteiger partial charge < -0.3 is 19.5 Å². The van der Waals surface area contributed by atoms with Gasteiger partial charge in [-0.3, -0.25) is 4.79 Å². The first-order valence-electron chi connectivity index (χ1n) is 10.3. The lowest BCUT2D eigenvalue weighted by Gasteiger charge is -2.22. The minimum absolute atomic E-state index is 0.132. The van der Waals surface area contributed by atoms with Crippen molar-refractivity contribution in [2.24, 2.45) is 0 Å². The molecule has 158 valence electrons. The van der Waals surface area contributed by atoms with E-state index in [-0.39, 0.29) is 11.9 Å². The maximum atomic E-state index is 12.8. The quantitative estimate of drug-likeness (QED) is 0.601. The first-order chi connectivity index (χ1) is 13.9. The summed E-state index contributed by atoms with van der Waals surface area (Å²) in [5.74, 6) is 2.01. The van der Waals surface area contributed by atoms with E-state index in [1.807, 2.05) is 77.9 Å². The normalized spacial score (nSPS) is 12.8. The Hall–Kier alpha value is -2.69. The summed E-state index contributed by atoms with van der Waals surface area (Å²) in [5, 5.41) is 3.06. The Morgan fingerprint density at radius 2 is 1.62 bits per heavy atom. The predicted molar refractivity (Wildman–Crippen MR) is 116 cm³/mol. The van der Waals surface area contributed by atoms with Crippen LogP contribution in [0.3, 0.4) is 0 Å². The first-order valence-corrected chi connectivity index (χ1v) is 10.3. The van der Waals surface area contributed by atoms with Crippen molar-refractivity contribution in [2.75, 3.05) is 13.2 Å². The van der Waals surface area contributed by atoms with Gasteiger partial charge in [-0.25, -0.2) is 0 Å². The summed E-state index contributed by atoms with van der Waals surface area (Å²) in [4.78, 5) is 12.8. The van der Waals surface area contributed by atoms with Gasteiger partial charge in [-0.15, -0.1) is 0 Å². The number of nitrogens with one attached hydrogen (secondary N) is 1. The van der Waals surface area contributed by atoms with Crippen molar-refractivity contribution in [1.29, 1.82) is 0 Å². The Labute approximate surface area is 174 Å². The van der Waals surface area contributed by atoms with Crippen molar-refractivity contribution in [3.63, 3.8) is 0 Å². The van der Waals surface area contributed by atoms with E-state index >= 15 is 0 Å². The average molecular weight is 400 g/mol. The molecule has 0 aliphatic carbocycles. The number of amides is 1. The Morgan fingerprint density at radius 3 is 2.28 bits per heavy atom. The lowest BCUT2D eigenvalue weighted by Crippen LogP contribution is -2.39. The lowest BCUT2D eigenvalue weighted by molar-refractivity contribution is -0.128. The molecule has 0 heterocycles. The van der Waals surface area contributed by atoms with Gasteiger partial charge in [0.2, 0.25) is 0 Å². The summed E-state index contributed by atoms with van der Waals surface area (Å²) in [6.07, 6.45) is 0.0337. The molecule has 5 nitrogen and oxygen atoms in total. The molecular formula is C24H33NO4. The fraction of sp³-hybridized carbons (Fsp3) is 0.458. The van der Waals surface area contributed by atoms with E-state index in [2.05, 4.69) is 5.32 Å². The van der Waals surface area contributed by atoms with Crippen LogP contribution in [0.25, 0.3) is 0 Å². The molecule has 1 N–H and O–H groups in total. The molecule has 0 aromatic heterocycles. The third-order valence-electron chi connectivity index (χ3n) is 4.70. The second-order valence-corrected chi connectivity index (χ2v) is 7.09. The van der Waals surface area contributed by atoms with Crippen molar-refractivity contribution in [3.05, 3.63) is 53.1 Å². The van der Waals surface area contributed by atoms with Crippen molar-refractivity contribution >= 4 is 5.91 Å². The Morgan fingerprint density at radius 1 is 0.931 bits per heavy atom. The zero-order chi connectivity index (χ0) is 21.4. The fourth-order valence-corrected chi connectivity index (χ4v) is 3.04. The van der Waals surface area contributed by atoms with Crippen LogP contribution >= 0.6 is 0 Å². The summed E-state index contributed by atoms with van der Waals surface area (Å²) in [7, 11) is 0. The van der Waals surface area contributed by atoms with Crippen LogP contribution in [0.4, 0.5) is 0 Å². The summed E-state index contributed by atoms with van der Waals surface area (Å²) < 4.78 is 17.3. The van der Waals surface area contributed by atoms with Crippen LogP contribution in [-0.4, -0.2) is 25.2 Å². The molecule has 2 aromatic carbocycles. The van der Waals surface area contributed by atoms with E-state index < -0.39 is 6.10 Å². The SMILES string of the molecule is CCOc1ccc([C@@H](C)NC(=O)[C@@H](CC)Oc2cc(C)ccc2C)cc1OCC. The molecule has 0 aliphatic heterocycles. The van der Waals surface area contributed by atoms with Gasteiger partial charge in [0, 0.05) is 0 Å². The van der Waals surface area contributed by atoms with Crippen LogP contribution < -0.4 is 19.5 Å². The molecule has 5 heteroatoms. The molecule has 0 fully saturated rings. The van der Waals surface area contributed by atoms with Gasteiger partial charge in [0.15, 0.2) is 17.6 Å². The van der Waals surface area contributed by atoms with Crippen LogP contribution in [0.15, 0.2) is 36.4 Å². The lowest BCUT2D eigenvalue weighted by atomic mass is 10.1. The second-order valence-electron chi connectivity index (χ2n) is 7.09. The van der Waals surface area contributed by atoms with Gasteiger partial charge >= 0.3 is 0 Å². The molecule has 0 saturated carbocycles. The Kier molecular flexibility index (Phi) is 8.37. The van der Waals surface area contributed by atoms with Crippen LogP contribution in [0.1, 0.15) is 56.8 Å². The maximum Gasteiger partial charge on any atom is 0.261 e. The van der Waals surface area contributed by atoms with Crippen LogP contribution in [0.2, 0.25) is 0 Å². The highest BCUT2D eigenvalue weighted by Gasteiger charge is 2.22. The highest BCUT2D eigenvalue weighted by atomic mass is 16.5. The number of ether oxygens (including phenoxy) is 3. The fourth-order valence-electron chi connectivity index (χ4n) is 3.04. The Bertz CT molecular complexity index is 819. The molecule has 2 aromatic rings. The molecule has 29 heavy (non-hydrogen) atoms. The molecule has 0 radical (unpaired) electrons. The number of hydrogen-bond donors (Lipinski definition) is 1. The van der Waals surface area contributed by atoms with Crippen molar-refractivity contribution in [3.8, 4) is 17.2 Å². The average Bonchev–Trinajstić information content (AvgIpc) is 2.70. The molecule has 0 unspecified atom stereocenters. The van der Waals surface area contributed by atoms with E-state index in [0.29, 0.717) is 31.1 Å². The molecule has 0 spiro atoms. The van der Waals surface area contributed by atoms with Gasteiger partial charge in [0.25, 0.3) is 5.91 Å². The van der Waals surface area contributed by atoms with Crippen molar-refractivity contribution in [2.45, 2.75) is 60.1 Å². The zero-order valence-electron chi connectivity index (χ0n) is 18.4. The summed E-state index contributed by atoms with van der Waals surface area (Å²) in [6.45, 7) is 12.9. The Balaban J connectivity index is 2.11. The van der Waals surface area contributed by atoms with E-state index in [0.717, 1.165) is 22.4 Å². The highest BCUT2D eigenvalue weighted by Crippen LogP contribution is 2.31. The third kappa shape index (κ3) is 6.14. The molecule has 2 rings (SSSR count). The van der Waals surface area contributed by atoms with E-state index in [1.54, 1.807) is 0 Å². The van der Waals surface area contributed by atoms with E-state index in [1.165, 1.54) is 0 Å². The molecule has 0 aliphatic rings. The number of rotatable bonds is 10. The monoisotopic (exact) mass is 399 g/mol. The van der Waals surface area contributed by atoms with Crippen LogP contribution in [-0.2, 0) is 4.79 Å². The number of carbonyl (C=O) groups excluding carboxylic acids is 1. The minimum atomic E-state index is -0.549. The van der Waals surface area contributed by atoms with Crippen molar-refractivity contribution < 1.29 is 19.0 Å². The molecule has 0 bridgehead atoms. The smallest absolute Gasteiger partial charge is 0.261 e. The number of aryl methyl sites for hydroxylation is 2. The summed E-state index contributed by atoms with van der Waals surface area (Å²) in [6, 6.07) is 11.6.